The molecule has 1 atom stereocenters. The van der Waals surface area contributed by atoms with Crippen molar-refractivity contribution in [3.05, 3.63) is 35.4 Å². The maximum atomic E-state index is 11.6. The van der Waals surface area contributed by atoms with Crippen molar-refractivity contribution in [1.82, 2.24) is 10.6 Å². The van der Waals surface area contributed by atoms with Crippen LogP contribution in [0, 0.1) is 6.92 Å². The molecule has 1 unspecified atom stereocenters. The van der Waals surface area contributed by atoms with Crippen molar-refractivity contribution in [2.75, 3.05) is 13.1 Å². The Hall–Kier alpha value is -1.35. The largest absolute Gasteiger partial charge is 0.348 e. The monoisotopic (exact) mass is 234 g/mol. The number of aryl methyl sites for hydroxylation is 1. The fraction of sp³-hybridized carbons (Fsp3) is 0.500. The summed E-state index contributed by atoms with van der Waals surface area (Å²) in [6, 6.07) is 8.43. The lowest BCUT2D eigenvalue weighted by Crippen LogP contribution is -2.36. The fourth-order valence-corrected chi connectivity index (χ4v) is 1.70. The van der Waals surface area contributed by atoms with Crippen LogP contribution < -0.4 is 10.6 Å². The van der Waals surface area contributed by atoms with Gasteiger partial charge in [0.25, 0.3) is 0 Å². The first-order valence-corrected chi connectivity index (χ1v) is 6.24. The Morgan fingerprint density at radius 3 is 2.41 bits per heavy atom. The molecule has 1 aromatic rings. The maximum Gasteiger partial charge on any atom is 0.234 e. The lowest BCUT2D eigenvalue weighted by atomic mass is 10.0. The molecule has 0 fully saturated rings. The minimum atomic E-state index is 0.0549. The zero-order valence-electron chi connectivity index (χ0n) is 10.9. The number of carbonyl (C=O) groups excluding carboxylic acids is 1. The van der Waals surface area contributed by atoms with Gasteiger partial charge in [-0.15, -0.1) is 0 Å². The van der Waals surface area contributed by atoms with Crippen molar-refractivity contribution in [3.8, 4) is 0 Å². The SMILES string of the molecule is CCNCC(=O)NC(CC)c1ccc(C)cc1. The Bertz CT molecular complexity index is 346. The van der Waals surface area contributed by atoms with Crippen LogP contribution in [-0.2, 0) is 4.79 Å². The topological polar surface area (TPSA) is 41.1 Å². The highest BCUT2D eigenvalue weighted by atomic mass is 16.1. The van der Waals surface area contributed by atoms with Gasteiger partial charge in [-0.1, -0.05) is 43.7 Å². The highest BCUT2D eigenvalue weighted by molar-refractivity contribution is 5.78. The first-order chi connectivity index (χ1) is 8.17. The predicted octanol–water partition coefficient (Wildman–Crippen LogP) is 2.17. The third-order valence-corrected chi connectivity index (χ3v) is 2.76. The lowest BCUT2D eigenvalue weighted by Gasteiger charge is -2.17. The van der Waals surface area contributed by atoms with Gasteiger partial charge in [0.05, 0.1) is 12.6 Å². The number of carbonyl (C=O) groups is 1. The van der Waals surface area contributed by atoms with Gasteiger partial charge in [-0.3, -0.25) is 4.79 Å². The van der Waals surface area contributed by atoms with E-state index in [2.05, 4.69) is 48.7 Å². The molecular formula is C14H22N2O. The van der Waals surface area contributed by atoms with Gasteiger partial charge in [0.1, 0.15) is 0 Å². The summed E-state index contributed by atoms with van der Waals surface area (Å²) < 4.78 is 0. The van der Waals surface area contributed by atoms with Crippen molar-refractivity contribution in [3.63, 3.8) is 0 Å². The number of benzene rings is 1. The van der Waals surface area contributed by atoms with Crippen LogP contribution in [0.15, 0.2) is 24.3 Å². The molecular weight excluding hydrogens is 212 g/mol. The van der Waals surface area contributed by atoms with Gasteiger partial charge >= 0.3 is 0 Å². The second-order valence-electron chi connectivity index (χ2n) is 4.22. The summed E-state index contributed by atoms with van der Waals surface area (Å²) in [6.45, 7) is 7.34. The van der Waals surface area contributed by atoms with E-state index in [-0.39, 0.29) is 11.9 Å². The van der Waals surface area contributed by atoms with Crippen LogP contribution in [0.3, 0.4) is 0 Å². The summed E-state index contributed by atoms with van der Waals surface area (Å²) >= 11 is 0. The number of hydrogen-bond donors (Lipinski definition) is 2. The van der Waals surface area contributed by atoms with Crippen LogP contribution in [0.2, 0.25) is 0 Å². The Morgan fingerprint density at radius 1 is 1.24 bits per heavy atom. The smallest absolute Gasteiger partial charge is 0.234 e. The molecule has 0 radical (unpaired) electrons. The van der Waals surface area contributed by atoms with E-state index < -0.39 is 0 Å². The van der Waals surface area contributed by atoms with E-state index in [4.69, 9.17) is 0 Å². The molecule has 0 bridgehead atoms. The fourth-order valence-electron chi connectivity index (χ4n) is 1.70. The van der Waals surface area contributed by atoms with E-state index in [1.165, 1.54) is 11.1 Å². The number of hydrogen-bond acceptors (Lipinski definition) is 2. The zero-order chi connectivity index (χ0) is 12.7. The Morgan fingerprint density at radius 2 is 1.88 bits per heavy atom. The van der Waals surface area contributed by atoms with Crippen LogP contribution in [0.1, 0.15) is 37.4 Å². The molecule has 0 aliphatic rings. The van der Waals surface area contributed by atoms with E-state index in [0.717, 1.165) is 13.0 Å². The van der Waals surface area contributed by atoms with Crippen molar-refractivity contribution < 1.29 is 4.79 Å². The maximum absolute atomic E-state index is 11.6. The average molecular weight is 234 g/mol. The van der Waals surface area contributed by atoms with E-state index in [1.807, 2.05) is 6.92 Å². The molecule has 0 heterocycles. The Kier molecular flexibility index (Phi) is 5.70. The van der Waals surface area contributed by atoms with Crippen LogP contribution in [0.25, 0.3) is 0 Å². The van der Waals surface area contributed by atoms with Crippen LogP contribution in [-0.4, -0.2) is 19.0 Å². The molecule has 0 aromatic heterocycles. The molecule has 0 aliphatic carbocycles. The number of amides is 1. The third-order valence-electron chi connectivity index (χ3n) is 2.76. The number of nitrogens with one attached hydrogen (secondary N) is 2. The van der Waals surface area contributed by atoms with Crippen LogP contribution >= 0.6 is 0 Å². The Balaban J connectivity index is 2.59. The van der Waals surface area contributed by atoms with Gasteiger partial charge < -0.3 is 10.6 Å². The molecule has 0 spiro atoms. The molecule has 3 heteroatoms. The van der Waals surface area contributed by atoms with Gasteiger partial charge in [0, 0.05) is 0 Å². The average Bonchev–Trinajstić information content (AvgIpc) is 2.34. The van der Waals surface area contributed by atoms with Gasteiger partial charge in [0.2, 0.25) is 5.91 Å². The summed E-state index contributed by atoms with van der Waals surface area (Å²) in [4.78, 5) is 11.6. The molecule has 17 heavy (non-hydrogen) atoms. The van der Waals surface area contributed by atoms with Gasteiger partial charge in [-0.25, -0.2) is 0 Å². The van der Waals surface area contributed by atoms with Crippen molar-refractivity contribution in [1.29, 1.82) is 0 Å². The second-order valence-corrected chi connectivity index (χ2v) is 4.22. The predicted molar refractivity (Wildman–Crippen MR) is 70.9 cm³/mol. The summed E-state index contributed by atoms with van der Waals surface area (Å²) in [6.07, 6.45) is 0.904. The zero-order valence-corrected chi connectivity index (χ0v) is 10.9. The molecule has 0 saturated heterocycles. The van der Waals surface area contributed by atoms with E-state index in [0.29, 0.717) is 6.54 Å². The highest BCUT2D eigenvalue weighted by Gasteiger charge is 2.11. The standard InChI is InChI=1S/C14H22N2O/c1-4-13(16-14(17)10-15-5-2)12-8-6-11(3)7-9-12/h6-9,13,15H,4-5,10H2,1-3H3,(H,16,17). The third kappa shape index (κ3) is 4.57. The van der Waals surface area contributed by atoms with Crippen LogP contribution in [0.5, 0.6) is 0 Å². The second kappa shape index (κ2) is 7.07. The number of rotatable bonds is 6. The summed E-state index contributed by atoms with van der Waals surface area (Å²) in [5.41, 5.74) is 2.41. The normalized spacial score (nSPS) is 12.2. The molecule has 1 amide bonds. The minimum absolute atomic E-state index is 0.0549. The quantitative estimate of drug-likeness (QED) is 0.792. The molecule has 2 N–H and O–H groups in total. The summed E-state index contributed by atoms with van der Waals surface area (Å²) in [7, 11) is 0. The number of likely N-dealkylation sites (N-methyl/N-ethyl adjacent to an activating group) is 1. The molecule has 3 nitrogen and oxygen atoms in total. The van der Waals surface area contributed by atoms with Crippen LogP contribution in [0.4, 0.5) is 0 Å². The Labute approximate surface area is 104 Å². The van der Waals surface area contributed by atoms with Gasteiger partial charge in [0.15, 0.2) is 0 Å². The van der Waals surface area contributed by atoms with Gasteiger partial charge in [-0.05, 0) is 25.5 Å². The van der Waals surface area contributed by atoms with E-state index in [1.54, 1.807) is 0 Å². The molecule has 94 valence electrons. The van der Waals surface area contributed by atoms with E-state index >= 15 is 0 Å². The molecule has 0 saturated carbocycles. The minimum Gasteiger partial charge on any atom is -0.348 e. The van der Waals surface area contributed by atoms with E-state index in [9.17, 15) is 4.79 Å². The molecule has 0 aliphatic heterocycles. The first-order valence-electron chi connectivity index (χ1n) is 6.24. The molecule has 1 rings (SSSR count). The van der Waals surface area contributed by atoms with Crippen molar-refractivity contribution in [2.45, 2.75) is 33.2 Å². The molecule has 1 aromatic carbocycles. The summed E-state index contributed by atoms with van der Waals surface area (Å²) in [5, 5.41) is 6.06. The first kappa shape index (κ1) is 13.7. The summed E-state index contributed by atoms with van der Waals surface area (Å²) in [5.74, 6) is 0.0549. The van der Waals surface area contributed by atoms with Gasteiger partial charge in [-0.2, -0.15) is 0 Å². The van der Waals surface area contributed by atoms with Crippen molar-refractivity contribution in [2.24, 2.45) is 0 Å². The van der Waals surface area contributed by atoms with Crippen molar-refractivity contribution >= 4 is 5.91 Å². The lowest BCUT2D eigenvalue weighted by molar-refractivity contribution is -0.121. The highest BCUT2D eigenvalue weighted by Crippen LogP contribution is 2.16.